The molecule has 104 valence electrons. The maximum atomic E-state index is 6.18. The van der Waals surface area contributed by atoms with Gasteiger partial charge in [0.25, 0.3) is 0 Å². The zero-order valence-electron chi connectivity index (χ0n) is 12.0. The molecule has 3 unspecified atom stereocenters. The molecular weight excluding hydrogens is 224 g/mol. The Morgan fingerprint density at radius 2 is 1.78 bits per heavy atom. The van der Waals surface area contributed by atoms with Gasteiger partial charge in [-0.15, -0.1) is 0 Å². The summed E-state index contributed by atoms with van der Waals surface area (Å²) in [6, 6.07) is 2.11. The standard InChI is InChI=1S/C15H28N2O/c1-12-10-16-11-13(2)17(12)14-5-8-18-15(9-14)6-3-4-7-15/h12-14,16H,3-11H2,1-2H3. The van der Waals surface area contributed by atoms with E-state index in [1.807, 2.05) is 0 Å². The molecule has 0 bridgehead atoms. The van der Waals surface area contributed by atoms with Crippen molar-refractivity contribution in [2.45, 2.75) is 76.1 Å². The van der Waals surface area contributed by atoms with E-state index in [0.29, 0.717) is 12.1 Å². The Labute approximate surface area is 111 Å². The van der Waals surface area contributed by atoms with Crippen molar-refractivity contribution in [2.75, 3.05) is 19.7 Å². The molecule has 1 aliphatic carbocycles. The molecule has 0 radical (unpaired) electrons. The van der Waals surface area contributed by atoms with Crippen LogP contribution in [-0.2, 0) is 4.74 Å². The van der Waals surface area contributed by atoms with E-state index in [1.165, 1.54) is 38.5 Å². The monoisotopic (exact) mass is 252 g/mol. The zero-order chi connectivity index (χ0) is 12.6. The highest BCUT2D eigenvalue weighted by Gasteiger charge is 2.43. The second-order valence-corrected chi connectivity index (χ2v) is 6.69. The summed E-state index contributed by atoms with van der Waals surface area (Å²) >= 11 is 0. The van der Waals surface area contributed by atoms with Gasteiger partial charge in [-0.25, -0.2) is 0 Å². The van der Waals surface area contributed by atoms with Crippen molar-refractivity contribution in [3.05, 3.63) is 0 Å². The Hall–Kier alpha value is -0.120. The van der Waals surface area contributed by atoms with Crippen molar-refractivity contribution in [1.29, 1.82) is 0 Å². The number of hydrogen-bond acceptors (Lipinski definition) is 3. The van der Waals surface area contributed by atoms with Crippen LogP contribution in [0.5, 0.6) is 0 Å². The van der Waals surface area contributed by atoms with E-state index in [4.69, 9.17) is 4.74 Å². The summed E-state index contributed by atoms with van der Waals surface area (Å²) in [7, 11) is 0. The van der Waals surface area contributed by atoms with Crippen LogP contribution in [0.1, 0.15) is 52.4 Å². The molecule has 1 saturated carbocycles. The van der Waals surface area contributed by atoms with Gasteiger partial charge in [-0.2, -0.15) is 0 Å². The fourth-order valence-corrected chi connectivity index (χ4v) is 4.49. The first kappa shape index (κ1) is 12.9. The first-order chi connectivity index (χ1) is 8.70. The fourth-order valence-electron chi connectivity index (χ4n) is 4.49. The minimum absolute atomic E-state index is 0.257. The highest BCUT2D eigenvalue weighted by atomic mass is 16.5. The van der Waals surface area contributed by atoms with Crippen molar-refractivity contribution in [1.82, 2.24) is 10.2 Å². The van der Waals surface area contributed by atoms with Crippen molar-refractivity contribution >= 4 is 0 Å². The highest BCUT2D eigenvalue weighted by Crippen LogP contribution is 2.41. The molecule has 0 amide bonds. The minimum Gasteiger partial charge on any atom is -0.375 e. The highest BCUT2D eigenvalue weighted by molar-refractivity contribution is 4.97. The molecule has 1 spiro atoms. The zero-order valence-corrected chi connectivity index (χ0v) is 12.0. The van der Waals surface area contributed by atoms with Gasteiger partial charge in [0.1, 0.15) is 0 Å². The second kappa shape index (κ2) is 5.10. The summed E-state index contributed by atoms with van der Waals surface area (Å²) in [5, 5.41) is 3.54. The van der Waals surface area contributed by atoms with Gasteiger partial charge in [0.05, 0.1) is 5.60 Å². The van der Waals surface area contributed by atoms with Crippen LogP contribution in [0.4, 0.5) is 0 Å². The maximum absolute atomic E-state index is 6.18. The Morgan fingerprint density at radius 1 is 1.11 bits per heavy atom. The van der Waals surface area contributed by atoms with E-state index < -0.39 is 0 Å². The molecule has 0 aromatic heterocycles. The summed E-state index contributed by atoms with van der Waals surface area (Å²) in [5.74, 6) is 0. The van der Waals surface area contributed by atoms with Gasteiger partial charge in [-0.1, -0.05) is 12.8 Å². The van der Waals surface area contributed by atoms with Crippen LogP contribution in [0.3, 0.4) is 0 Å². The molecule has 3 atom stereocenters. The number of piperazine rings is 1. The minimum atomic E-state index is 0.257. The molecule has 3 aliphatic rings. The Morgan fingerprint density at radius 3 is 2.44 bits per heavy atom. The van der Waals surface area contributed by atoms with Crippen LogP contribution in [-0.4, -0.2) is 48.3 Å². The summed E-state index contributed by atoms with van der Waals surface area (Å²) < 4.78 is 6.18. The van der Waals surface area contributed by atoms with E-state index >= 15 is 0 Å². The third-order valence-electron chi connectivity index (χ3n) is 5.30. The molecule has 3 nitrogen and oxygen atoms in total. The lowest BCUT2D eigenvalue weighted by Gasteiger charge is -2.49. The first-order valence-electron chi connectivity index (χ1n) is 7.82. The normalized spacial score (nSPS) is 41.3. The van der Waals surface area contributed by atoms with Gasteiger partial charge in [0, 0.05) is 37.8 Å². The SMILES string of the molecule is CC1CNCC(C)N1C1CCOC2(CCCC2)C1. The van der Waals surface area contributed by atoms with Crippen LogP contribution in [0, 0.1) is 0 Å². The van der Waals surface area contributed by atoms with Gasteiger partial charge in [-0.05, 0) is 39.5 Å². The van der Waals surface area contributed by atoms with E-state index in [-0.39, 0.29) is 5.60 Å². The Bertz CT molecular complexity index is 278. The molecular formula is C15H28N2O. The van der Waals surface area contributed by atoms with Crippen LogP contribution >= 0.6 is 0 Å². The fraction of sp³-hybridized carbons (Fsp3) is 1.00. The molecule has 2 heterocycles. The lowest BCUT2D eigenvalue weighted by Crippen LogP contribution is -2.61. The molecule has 3 rings (SSSR count). The average Bonchev–Trinajstić information content (AvgIpc) is 2.77. The third kappa shape index (κ3) is 2.33. The molecule has 3 heteroatoms. The number of nitrogens with one attached hydrogen (secondary N) is 1. The van der Waals surface area contributed by atoms with Gasteiger partial charge in [0.2, 0.25) is 0 Å². The Kier molecular flexibility index (Phi) is 3.65. The van der Waals surface area contributed by atoms with Crippen LogP contribution < -0.4 is 5.32 Å². The predicted octanol–water partition coefficient (Wildman–Crippen LogP) is 2.16. The third-order valence-corrected chi connectivity index (χ3v) is 5.30. The number of ether oxygens (including phenoxy) is 1. The molecule has 0 aromatic rings. The van der Waals surface area contributed by atoms with Gasteiger partial charge in [0.15, 0.2) is 0 Å². The number of rotatable bonds is 1. The largest absolute Gasteiger partial charge is 0.375 e. The van der Waals surface area contributed by atoms with Crippen LogP contribution in [0.15, 0.2) is 0 Å². The Balaban J connectivity index is 1.70. The predicted molar refractivity (Wildman–Crippen MR) is 73.8 cm³/mol. The topological polar surface area (TPSA) is 24.5 Å². The summed E-state index contributed by atoms with van der Waals surface area (Å²) in [4.78, 5) is 2.78. The summed E-state index contributed by atoms with van der Waals surface area (Å²) in [6.07, 6.45) is 7.87. The lowest BCUT2D eigenvalue weighted by molar-refractivity contribution is -0.114. The molecule has 2 aliphatic heterocycles. The average molecular weight is 252 g/mol. The van der Waals surface area contributed by atoms with Gasteiger partial charge >= 0.3 is 0 Å². The summed E-state index contributed by atoms with van der Waals surface area (Å²) in [6.45, 7) is 8.02. The first-order valence-corrected chi connectivity index (χ1v) is 7.82. The molecule has 2 saturated heterocycles. The van der Waals surface area contributed by atoms with Crippen LogP contribution in [0.2, 0.25) is 0 Å². The van der Waals surface area contributed by atoms with Gasteiger partial charge in [-0.3, -0.25) is 4.90 Å². The van der Waals surface area contributed by atoms with Crippen LogP contribution in [0.25, 0.3) is 0 Å². The van der Waals surface area contributed by atoms with Crippen molar-refractivity contribution < 1.29 is 4.74 Å². The van der Waals surface area contributed by atoms with E-state index in [2.05, 4.69) is 24.1 Å². The molecule has 18 heavy (non-hydrogen) atoms. The molecule has 3 fully saturated rings. The van der Waals surface area contributed by atoms with Crippen molar-refractivity contribution in [3.8, 4) is 0 Å². The number of hydrogen-bond donors (Lipinski definition) is 1. The maximum Gasteiger partial charge on any atom is 0.0697 e. The second-order valence-electron chi connectivity index (χ2n) is 6.69. The smallest absolute Gasteiger partial charge is 0.0697 e. The lowest BCUT2D eigenvalue weighted by atomic mass is 9.86. The van der Waals surface area contributed by atoms with Gasteiger partial charge < -0.3 is 10.1 Å². The summed E-state index contributed by atoms with van der Waals surface area (Å²) in [5.41, 5.74) is 0.257. The van der Waals surface area contributed by atoms with E-state index in [9.17, 15) is 0 Å². The van der Waals surface area contributed by atoms with Crippen molar-refractivity contribution in [3.63, 3.8) is 0 Å². The quantitative estimate of drug-likeness (QED) is 0.774. The van der Waals surface area contributed by atoms with E-state index in [1.54, 1.807) is 0 Å². The number of nitrogens with zero attached hydrogens (tertiary/aromatic N) is 1. The molecule has 1 N–H and O–H groups in total. The molecule has 0 aromatic carbocycles. The van der Waals surface area contributed by atoms with E-state index in [0.717, 1.165) is 25.7 Å². The van der Waals surface area contributed by atoms with Crippen molar-refractivity contribution in [2.24, 2.45) is 0 Å².